The summed E-state index contributed by atoms with van der Waals surface area (Å²) in [6.45, 7) is 1.70. The highest BCUT2D eigenvalue weighted by atomic mass is 19.1. The van der Waals surface area contributed by atoms with Crippen LogP contribution in [0.1, 0.15) is 54.4 Å². The van der Waals surface area contributed by atoms with Gasteiger partial charge in [-0.05, 0) is 31.4 Å². The summed E-state index contributed by atoms with van der Waals surface area (Å²) in [5, 5.41) is 0. The Morgan fingerprint density at radius 2 is 1.84 bits per heavy atom. The van der Waals surface area contributed by atoms with E-state index in [4.69, 9.17) is 4.74 Å². The summed E-state index contributed by atoms with van der Waals surface area (Å²) >= 11 is 0. The van der Waals surface area contributed by atoms with Crippen LogP contribution in [0.15, 0.2) is 18.2 Å². The van der Waals surface area contributed by atoms with Gasteiger partial charge in [-0.1, -0.05) is 37.8 Å². The summed E-state index contributed by atoms with van der Waals surface area (Å²) in [5.41, 5.74) is 0.230. The summed E-state index contributed by atoms with van der Waals surface area (Å²) in [5.74, 6) is -0.401. The van der Waals surface area contributed by atoms with Crippen molar-refractivity contribution in [3.63, 3.8) is 0 Å². The van der Waals surface area contributed by atoms with Crippen LogP contribution in [0.25, 0.3) is 0 Å². The molecule has 1 aliphatic carbocycles. The third-order valence-electron chi connectivity index (χ3n) is 4.15. The number of methoxy groups -OCH3 is 1. The maximum atomic E-state index is 13.6. The average molecular weight is 264 g/mol. The van der Waals surface area contributed by atoms with Gasteiger partial charge < -0.3 is 4.74 Å². The molecule has 0 aliphatic heterocycles. The van der Waals surface area contributed by atoms with Crippen molar-refractivity contribution in [1.82, 2.24) is 0 Å². The zero-order valence-electron chi connectivity index (χ0n) is 11.7. The lowest BCUT2D eigenvalue weighted by atomic mass is 9.85. The first-order valence-corrected chi connectivity index (χ1v) is 6.95. The van der Waals surface area contributed by atoms with Gasteiger partial charge >= 0.3 is 0 Å². The van der Waals surface area contributed by atoms with E-state index in [1.807, 2.05) is 0 Å². The second-order valence-corrected chi connectivity index (χ2v) is 5.41. The molecule has 1 aromatic carbocycles. The molecule has 0 atom stereocenters. The third-order valence-corrected chi connectivity index (χ3v) is 4.15. The molecule has 0 unspecified atom stereocenters. The van der Waals surface area contributed by atoms with Crippen molar-refractivity contribution in [1.29, 1.82) is 0 Å². The zero-order valence-corrected chi connectivity index (χ0v) is 11.7. The number of ketones is 1. The van der Waals surface area contributed by atoms with Gasteiger partial charge in [-0.3, -0.25) is 4.79 Å². The van der Waals surface area contributed by atoms with Crippen molar-refractivity contribution in [2.24, 2.45) is 0 Å². The van der Waals surface area contributed by atoms with E-state index in [2.05, 4.69) is 0 Å². The molecule has 2 nitrogen and oxygen atoms in total. The van der Waals surface area contributed by atoms with Crippen LogP contribution in [-0.4, -0.2) is 18.5 Å². The minimum atomic E-state index is -0.752. The molecule has 19 heavy (non-hydrogen) atoms. The maximum absolute atomic E-state index is 13.6. The first kappa shape index (κ1) is 14.2. The summed E-state index contributed by atoms with van der Waals surface area (Å²) in [6, 6.07) is 4.69. The third kappa shape index (κ3) is 2.86. The van der Waals surface area contributed by atoms with Gasteiger partial charge in [-0.25, -0.2) is 4.39 Å². The minimum absolute atomic E-state index is 0.0733. The number of rotatable bonds is 3. The van der Waals surface area contributed by atoms with Crippen LogP contribution < -0.4 is 0 Å². The summed E-state index contributed by atoms with van der Waals surface area (Å²) in [4.78, 5) is 12.7. The van der Waals surface area contributed by atoms with Gasteiger partial charge in [0.1, 0.15) is 11.4 Å². The SMILES string of the molecule is COC1(C(=O)c2ccc(C)c(F)c2)CCCCCC1. The second kappa shape index (κ2) is 5.83. The molecule has 0 aromatic heterocycles. The molecular formula is C16H21FO2. The van der Waals surface area contributed by atoms with E-state index < -0.39 is 5.60 Å². The fourth-order valence-electron chi connectivity index (χ4n) is 2.82. The first-order valence-electron chi connectivity index (χ1n) is 6.95. The molecule has 0 bridgehead atoms. The molecule has 0 amide bonds. The lowest BCUT2D eigenvalue weighted by Crippen LogP contribution is -2.40. The molecule has 2 rings (SSSR count). The number of hydrogen-bond acceptors (Lipinski definition) is 2. The number of aryl methyl sites for hydroxylation is 1. The molecule has 1 fully saturated rings. The second-order valence-electron chi connectivity index (χ2n) is 5.41. The van der Waals surface area contributed by atoms with E-state index in [0.717, 1.165) is 38.5 Å². The van der Waals surface area contributed by atoms with Crippen molar-refractivity contribution in [3.05, 3.63) is 35.1 Å². The normalized spacial score (nSPS) is 18.9. The Kier molecular flexibility index (Phi) is 4.35. The summed E-state index contributed by atoms with van der Waals surface area (Å²) in [7, 11) is 1.59. The molecule has 0 radical (unpaired) electrons. The highest BCUT2D eigenvalue weighted by Crippen LogP contribution is 2.33. The van der Waals surface area contributed by atoms with Crippen LogP contribution in [0, 0.1) is 12.7 Å². The van der Waals surface area contributed by atoms with Gasteiger partial charge in [-0.2, -0.15) is 0 Å². The van der Waals surface area contributed by atoms with Crippen molar-refractivity contribution >= 4 is 5.78 Å². The zero-order chi connectivity index (χ0) is 13.9. The van der Waals surface area contributed by atoms with Crippen LogP contribution in [0.5, 0.6) is 0 Å². The van der Waals surface area contributed by atoms with Gasteiger partial charge in [0.05, 0.1) is 0 Å². The van der Waals surface area contributed by atoms with Crippen LogP contribution in [0.4, 0.5) is 4.39 Å². The monoisotopic (exact) mass is 264 g/mol. The van der Waals surface area contributed by atoms with E-state index in [0.29, 0.717) is 11.1 Å². The largest absolute Gasteiger partial charge is 0.370 e. The predicted molar refractivity (Wildman–Crippen MR) is 72.9 cm³/mol. The minimum Gasteiger partial charge on any atom is -0.370 e. The summed E-state index contributed by atoms with van der Waals surface area (Å²) < 4.78 is 19.2. The van der Waals surface area contributed by atoms with Crippen LogP contribution in [-0.2, 0) is 4.74 Å². The van der Waals surface area contributed by atoms with Gasteiger partial charge in [-0.15, -0.1) is 0 Å². The standard InChI is InChI=1S/C16H21FO2/c1-12-7-8-13(11-14(12)17)15(18)16(19-2)9-5-3-4-6-10-16/h7-8,11H,3-6,9-10H2,1-2H3. The van der Waals surface area contributed by atoms with Crippen molar-refractivity contribution in [2.45, 2.75) is 51.0 Å². The van der Waals surface area contributed by atoms with Crippen LogP contribution in [0.3, 0.4) is 0 Å². The highest BCUT2D eigenvalue weighted by molar-refractivity contribution is 6.02. The lowest BCUT2D eigenvalue weighted by Gasteiger charge is -2.29. The molecule has 0 spiro atoms. The fraction of sp³-hybridized carbons (Fsp3) is 0.562. The Morgan fingerprint density at radius 1 is 1.21 bits per heavy atom. The number of ether oxygens (including phenoxy) is 1. The Bertz CT molecular complexity index is 460. The molecule has 1 aliphatic rings. The van der Waals surface area contributed by atoms with E-state index >= 15 is 0 Å². The molecule has 1 aromatic rings. The average Bonchev–Trinajstić information content (AvgIpc) is 2.67. The van der Waals surface area contributed by atoms with Gasteiger partial charge in [0.15, 0.2) is 5.78 Å². The molecule has 0 saturated heterocycles. The maximum Gasteiger partial charge on any atom is 0.194 e. The molecule has 0 N–H and O–H groups in total. The van der Waals surface area contributed by atoms with Gasteiger partial charge in [0.2, 0.25) is 0 Å². The number of halogens is 1. The Morgan fingerprint density at radius 3 is 2.37 bits per heavy atom. The number of Topliss-reactive ketones (excluding diaryl/α,β-unsaturated/α-hetero) is 1. The molecule has 3 heteroatoms. The van der Waals surface area contributed by atoms with E-state index in [9.17, 15) is 9.18 Å². The fourth-order valence-corrected chi connectivity index (χ4v) is 2.82. The quantitative estimate of drug-likeness (QED) is 0.608. The topological polar surface area (TPSA) is 26.3 Å². The van der Waals surface area contributed by atoms with Crippen molar-refractivity contribution < 1.29 is 13.9 Å². The Balaban J connectivity index is 2.31. The van der Waals surface area contributed by atoms with Crippen LogP contribution >= 0.6 is 0 Å². The molecule has 104 valence electrons. The van der Waals surface area contributed by atoms with Gasteiger partial charge in [0.25, 0.3) is 0 Å². The number of hydrogen-bond donors (Lipinski definition) is 0. The van der Waals surface area contributed by atoms with Crippen LogP contribution in [0.2, 0.25) is 0 Å². The Labute approximate surface area is 114 Å². The number of carbonyl (C=O) groups excluding carboxylic acids is 1. The number of benzene rings is 1. The predicted octanol–water partition coefficient (Wildman–Crippen LogP) is 4.06. The summed E-state index contributed by atoms with van der Waals surface area (Å²) in [6.07, 6.45) is 5.73. The van der Waals surface area contributed by atoms with E-state index in [1.54, 1.807) is 26.2 Å². The molecular weight excluding hydrogens is 243 g/mol. The molecule has 1 saturated carbocycles. The smallest absolute Gasteiger partial charge is 0.194 e. The van der Waals surface area contributed by atoms with E-state index in [-0.39, 0.29) is 11.6 Å². The van der Waals surface area contributed by atoms with E-state index in [1.165, 1.54) is 6.07 Å². The number of carbonyl (C=O) groups is 1. The first-order chi connectivity index (χ1) is 9.09. The van der Waals surface area contributed by atoms with Gasteiger partial charge in [0, 0.05) is 12.7 Å². The van der Waals surface area contributed by atoms with Crippen molar-refractivity contribution in [2.75, 3.05) is 7.11 Å². The Hall–Kier alpha value is -1.22. The molecule has 0 heterocycles. The van der Waals surface area contributed by atoms with Crippen molar-refractivity contribution in [3.8, 4) is 0 Å². The lowest BCUT2D eigenvalue weighted by molar-refractivity contribution is -0.00694. The highest BCUT2D eigenvalue weighted by Gasteiger charge is 2.39.